The molecule has 9 heavy (non-hydrogen) atoms. The molecule has 1 rings (SSSR count). The van der Waals surface area contributed by atoms with Crippen LogP contribution in [0.2, 0.25) is 0 Å². The van der Waals surface area contributed by atoms with E-state index in [9.17, 15) is 0 Å². The van der Waals surface area contributed by atoms with Gasteiger partial charge in [0.25, 0.3) is 0 Å². The van der Waals surface area contributed by atoms with Gasteiger partial charge >= 0.3 is 0 Å². The molecule has 0 aromatic carbocycles. The second-order valence-electron chi connectivity index (χ2n) is 2.32. The summed E-state index contributed by atoms with van der Waals surface area (Å²) in [6, 6.07) is 0.0509. The number of rotatable bonds is 0. The first kappa shape index (κ1) is 6.30. The molecule has 1 aliphatic carbocycles. The summed E-state index contributed by atoms with van der Waals surface area (Å²) in [4.78, 5) is 0. The summed E-state index contributed by atoms with van der Waals surface area (Å²) in [6.07, 6.45) is 5.93. The zero-order valence-corrected chi connectivity index (χ0v) is 5.59. The largest absolute Gasteiger partial charge is 0.321 e. The summed E-state index contributed by atoms with van der Waals surface area (Å²) in [6.45, 7) is 5.81. The van der Waals surface area contributed by atoms with E-state index in [2.05, 4.69) is 6.58 Å². The van der Waals surface area contributed by atoms with Crippen molar-refractivity contribution in [2.45, 2.75) is 13.0 Å². The lowest BCUT2D eigenvalue weighted by Gasteiger charge is -2.14. The van der Waals surface area contributed by atoms with Crippen LogP contribution in [0.4, 0.5) is 0 Å². The van der Waals surface area contributed by atoms with Crippen LogP contribution >= 0.6 is 0 Å². The van der Waals surface area contributed by atoms with Gasteiger partial charge in [0.2, 0.25) is 0 Å². The first-order chi connectivity index (χ1) is 4.22. The van der Waals surface area contributed by atoms with Crippen LogP contribution in [0.15, 0.2) is 36.0 Å². The van der Waals surface area contributed by atoms with E-state index in [1.54, 1.807) is 0 Å². The Hall–Kier alpha value is -0.820. The van der Waals surface area contributed by atoms with E-state index in [1.807, 2.05) is 25.2 Å². The van der Waals surface area contributed by atoms with Crippen LogP contribution in [0.25, 0.3) is 0 Å². The topological polar surface area (TPSA) is 26.0 Å². The summed E-state index contributed by atoms with van der Waals surface area (Å²) >= 11 is 0. The van der Waals surface area contributed by atoms with E-state index in [1.165, 1.54) is 5.57 Å². The molecule has 0 aromatic heterocycles. The van der Waals surface area contributed by atoms with E-state index >= 15 is 0 Å². The minimum Gasteiger partial charge on any atom is -0.321 e. The summed E-state index contributed by atoms with van der Waals surface area (Å²) in [5.41, 5.74) is 7.88. The minimum atomic E-state index is 0.0509. The molecule has 48 valence electrons. The normalized spacial score (nSPS) is 26.2. The fourth-order valence-electron chi connectivity index (χ4n) is 0.823. The van der Waals surface area contributed by atoms with E-state index in [-0.39, 0.29) is 6.04 Å². The number of allylic oxidation sites excluding steroid dienone is 2. The maximum Gasteiger partial charge on any atom is 0.0505 e. The Morgan fingerprint density at radius 2 is 2.33 bits per heavy atom. The van der Waals surface area contributed by atoms with Crippen molar-refractivity contribution in [3.63, 3.8) is 0 Å². The Balaban J connectivity index is 2.86. The maximum absolute atomic E-state index is 5.70. The molecule has 2 N–H and O–H groups in total. The van der Waals surface area contributed by atoms with Gasteiger partial charge in [-0.3, -0.25) is 0 Å². The van der Waals surface area contributed by atoms with E-state index in [0.29, 0.717) is 0 Å². The molecule has 0 unspecified atom stereocenters. The van der Waals surface area contributed by atoms with Crippen molar-refractivity contribution < 1.29 is 0 Å². The minimum absolute atomic E-state index is 0.0509. The van der Waals surface area contributed by atoms with Crippen molar-refractivity contribution in [3.05, 3.63) is 36.0 Å². The lowest BCUT2D eigenvalue weighted by Crippen LogP contribution is -2.23. The predicted octanol–water partition coefficient (Wildman–Crippen LogP) is 1.39. The van der Waals surface area contributed by atoms with Gasteiger partial charge in [-0.1, -0.05) is 30.4 Å². The Labute approximate surface area is 55.6 Å². The second kappa shape index (κ2) is 2.19. The third-order valence-electron chi connectivity index (χ3n) is 1.56. The average molecular weight is 121 g/mol. The number of nitrogens with two attached hydrogens (primary N) is 1. The van der Waals surface area contributed by atoms with Crippen LogP contribution < -0.4 is 5.73 Å². The molecule has 0 spiro atoms. The van der Waals surface area contributed by atoms with Gasteiger partial charge in [0.15, 0.2) is 0 Å². The Morgan fingerprint density at radius 1 is 1.67 bits per heavy atom. The van der Waals surface area contributed by atoms with E-state index in [4.69, 9.17) is 5.73 Å². The quantitative estimate of drug-likeness (QED) is 0.515. The van der Waals surface area contributed by atoms with E-state index < -0.39 is 0 Å². The van der Waals surface area contributed by atoms with Gasteiger partial charge in [0.05, 0.1) is 6.04 Å². The Kier molecular flexibility index (Phi) is 1.54. The van der Waals surface area contributed by atoms with Gasteiger partial charge in [-0.25, -0.2) is 0 Å². The molecule has 0 heterocycles. The van der Waals surface area contributed by atoms with Crippen LogP contribution in [0.3, 0.4) is 0 Å². The highest BCUT2D eigenvalue weighted by atomic mass is 14.6. The van der Waals surface area contributed by atoms with Crippen molar-refractivity contribution in [3.8, 4) is 0 Å². The number of hydrogen-bond acceptors (Lipinski definition) is 1. The third-order valence-corrected chi connectivity index (χ3v) is 1.56. The van der Waals surface area contributed by atoms with Crippen molar-refractivity contribution in [2.24, 2.45) is 5.73 Å². The standard InChI is InChI=1S/C8H11N/c1-6-4-3-5-7(2)8(6)9/h3-5,8H,1,9H2,2H3/t8-/m1/s1. The van der Waals surface area contributed by atoms with Crippen LogP contribution in [-0.2, 0) is 0 Å². The molecule has 1 nitrogen and oxygen atoms in total. The Morgan fingerprint density at radius 3 is 2.78 bits per heavy atom. The van der Waals surface area contributed by atoms with Gasteiger partial charge < -0.3 is 5.73 Å². The maximum atomic E-state index is 5.70. The van der Waals surface area contributed by atoms with Crippen LogP contribution in [0.5, 0.6) is 0 Å². The summed E-state index contributed by atoms with van der Waals surface area (Å²) in [7, 11) is 0. The smallest absolute Gasteiger partial charge is 0.0505 e. The molecule has 0 saturated carbocycles. The molecule has 0 aromatic rings. The average Bonchev–Trinajstić information content (AvgIpc) is 1.83. The predicted molar refractivity (Wildman–Crippen MR) is 40.0 cm³/mol. The van der Waals surface area contributed by atoms with Crippen LogP contribution in [0.1, 0.15) is 6.92 Å². The highest BCUT2D eigenvalue weighted by molar-refractivity contribution is 5.38. The highest BCUT2D eigenvalue weighted by Gasteiger charge is 2.07. The lowest BCUT2D eigenvalue weighted by molar-refractivity contribution is 0.905. The van der Waals surface area contributed by atoms with Crippen molar-refractivity contribution in [1.82, 2.24) is 0 Å². The molecule has 0 amide bonds. The second-order valence-corrected chi connectivity index (χ2v) is 2.32. The molecular weight excluding hydrogens is 110 g/mol. The van der Waals surface area contributed by atoms with Crippen LogP contribution in [0, 0.1) is 0 Å². The van der Waals surface area contributed by atoms with Crippen LogP contribution in [-0.4, -0.2) is 6.04 Å². The first-order valence-corrected chi connectivity index (χ1v) is 3.01. The Bertz CT molecular complexity index is 187. The summed E-state index contributed by atoms with van der Waals surface area (Å²) < 4.78 is 0. The van der Waals surface area contributed by atoms with Gasteiger partial charge in [-0.05, 0) is 12.5 Å². The first-order valence-electron chi connectivity index (χ1n) is 3.01. The number of hydrogen-bond donors (Lipinski definition) is 1. The van der Waals surface area contributed by atoms with E-state index in [0.717, 1.165) is 5.57 Å². The molecule has 0 bridgehead atoms. The fraction of sp³-hybridized carbons (Fsp3) is 0.250. The third kappa shape index (κ3) is 1.11. The molecule has 1 atom stereocenters. The SMILES string of the molecule is C=C1C=CC=C(C)[C@@H]1N. The molecule has 0 aliphatic heterocycles. The molecule has 1 heteroatoms. The molecule has 0 saturated heterocycles. The molecule has 0 radical (unpaired) electrons. The monoisotopic (exact) mass is 121 g/mol. The summed E-state index contributed by atoms with van der Waals surface area (Å²) in [5.74, 6) is 0. The highest BCUT2D eigenvalue weighted by Crippen LogP contribution is 2.13. The van der Waals surface area contributed by atoms with Crippen molar-refractivity contribution >= 4 is 0 Å². The molecular formula is C8H11N. The van der Waals surface area contributed by atoms with Crippen molar-refractivity contribution in [2.75, 3.05) is 0 Å². The molecule has 0 fully saturated rings. The zero-order valence-electron chi connectivity index (χ0n) is 5.59. The zero-order chi connectivity index (χ0) is 6.85. The van der Waals surface area contributed by atoms with Gasteiger partial charge in [-0.2, -0.15) is 0 Å². The fourth-order valence-corrected chi connectivity index (χ4v) is 0.823. The van der Waals surface area contributed by atoms with Gasteiger partial charge in [-0.15, -0.1) is 0 Å². The summed E-state index contributed by atoms with van der Waals surface area (Å²) in [5, 5.41) is 0. The van der Waals surface area contributed by atoms with Gasteiger partial charge in [0, 0.05) is 0 Å². The van der Waals surface area contributed by atoms with Crippen molar-refractivity contribution in [1.29, 1.82) is 0 Å². The lowest BCUT2D eigenvalue weighted by atomic mass is 9.97. The molecule has 1 aliphatic rings. The van der Waals surface area contributed by atoms with Gasteiger partial charge in [0.1, 0.15) is 0 Å².